The quantitative estimate of drug-likeness (QED) is 0.776. The molecule has 0 aliphatic carbocycles. The Kier molecular flexibility index (Phi) is 2.44. The van der Waals surface area contributed by atoms with Crippen molar-refractivity contribution in [2.24, 2.45) is 0 Å². The number of hydrogen-bond donors (Lipinski definition) is 1. The molecule has 0 unspecified atom stereocenters. The predicted molar refractivity (Wildman–Crippen MR) is 52.4 cm³/mol. The second kappa shape index (κ2) is 3.90. The third kappa shape index (κ3) is 1.85. The molecule has 0 bridgehead atoms. The van der Waals surface area contributed by atoms with Crippen LogP contribution in [0.2, 0.25) is 0 Å². The van der Waals surface area contributed by atoms with Crippen molar-refractivity contribution >= 4 is 0 Å². The molecule has 15 heavy (non-hydrogen) atoms. The van der Waals surface area contributed by atoms with Gasteiger partial charge in [-0.1, -0.05) is 12.1 Å². The number of benzene rings is 1. The summed E-state index contributed by atoms with van der Waals surface area (Å²) >= 11 is 0. The van der Waals surface area contributed by atoms with Gasteiger partial charge in [0.2, 0.25) is 0 Å². The van der Waals surface area contributed by atoms with Gasteiger partial charge in [0, 0.05) is 5.56 Å². The maximum atomic E-state index is 8.77. The fourth-order valence-corrected chi connectivity index (χ4v) is 1.21. The predicted octanol–water partition coefficient (Wildman–Crippen LogP) is 0.767. The molecule has 0 aliphatic heterocycles. The average Bonchev–Trinajstić information content (AvgIpc) is 2.78. The molecule has 0 radical (unpaired) electrons. The minimum atomic E-state index is -0.240. The molecule has 0 aliphatic rings. The van der Waals surface area contributed by atoms with Crippen LogP contribution < -0.4 is 0 Å². The zero-order valence-corrected chi connectivity index (χ0v) is 7.83. The molecule has 1 heterocycles. The van der Waals surface area contributed by atoms with Crippen LogP contribution in [0.1, 0.15) is 5.56 Å². The van der Waals surface area contributed by atoms with Gasteiger partial charge in [-0.05, 0) is 12.1 Å². The van der Waals surface area contributed by atoms with Crippen LogP contribution in [0.25, 0.3) is 11.3 Å². The molecular weight excluding hydrogens is 192 g/mol. The SMILES string of the molecule is N#Cc1ccc(-c2cnn(CO)n2)cc1. The number of aliphatic hydroxyl groups excluding tert-OH is 1. The molecule has 1 aromatic carbocycles. The molecule has 1 aromatic heterocycles. The molecular formula is C10H8N4O. The number of hydrogen-bond acceptors (Lipinski definition) is 4. The van der Waals surface area contributed by atoms with Crippen LogP contribution in [-0.2, 0) is 6.73 Å². The van der Waals surface area contributed by atoms with Gasteiger partial charge >= 0.3 is 0 Å². The number of rotatable bonds is 2. The number of aliphatic hydroxyl groups is 1. The number of nitriles is 1. The Balaban J connectivity index is 2.33. The van der Waals surface area contributed by atoms with Gasteiger partial charge in [0.05, 0.1) is 17.8 Å². The number of aromatic nitrogens is 3. The second-order valence-electron chi connectivity index (χ2n) is 2.93. The van der Waals surface area contributed by atoms with Crippen molar-refractivity contribution in [2.45, 2.75) is 6.73 Å². The average molecular weight is 200 g/mol. The lowest BCUT2D eigenvalue weighted by atomic mass is 10.1. The van der Waals surface area contributed by atoms with E-state index in [0.29, 0.717) is 11.3 Å². The summed E-state index contributed by atoms with van der Waals surface area (Å²) in [5, 5.41) is 25.3. The van der Waals surface area contributed by atoms with Crippen LogP contribution in [-0.4, -0.2) is 20.1 Å². The highest BCUT2D eigenvalue weighted by atomic mass is 16.3. The summed E-state index contributed by atoms with van der Waals surface area (Å²) in [5.41, 5.74) is 2.15. The topological polar surface area (TPSA) is 74.7 Å². The highest BCUT2D eigenvalue weighted by molar-refractivity contribution is 5.58. The van der Waals surface area contributed by atoms with Gasteiger partial charge in [-0.3, -0.25) is 0 Å². The van der Waals surface area contributed by atoms with Crippen molar-refractivity contribution in [3.8, 4) is 17.3 Å². The molecule has 5 heteroatoms. The van der Waals surface area contributed by atoms with Crippen molar-refractivity contribution in [3.63, 3.8) is 0 Å². The highest BCUT2D eigenvalue weighted by Gasteiger charge is 2.02. The second-order valence-corrected chi connectivity index (χ2v) is 2.93. The fourth-order valence-electron chi connectivity index (χ4n) is 1.21. The van der Waals surface area contributed by atoms with Gasteiger partial charge in [-0.2, -0.15) is 20.3 Å². The molecule has 2 rings (SSSR count). The van der Waals surface area contributed by atoms with Crippen LogP contribution in [0, 0.1) is 11.3 Å². The normalized spacial score (nSPS) is 9.87. The summed E-state index contributed by atoms with van der Waals surface area (Å²) in [6, 6.07) is 9.06. The van der Waals surface area contributed by atoms with E-state index < -0.39 is 0 Å². The first-order chi connectivity index (χ1) is 7.33. The molecule has 0 amide bonds. The third-order valence-electron chi connectivity index (χ3n) is 1.97. The maximum absolute atomic E-state index is 8.77. The van der Waals surface area contributed by atoms with Crippen molar-refractivity contribution < 1.29 is 5.11 Å². The molecule has 0 spiro atoms. The Morgan fingerprint density at radius 3 is 2.60 bits per heavy atom. The monoisotopic (exact) mass is 200 g/mol. The van der Waals surface area contributed by atoms with Gasteiger partial charge in [0.25, 0.3) is 0 Å². The van der Waals surface area contributed by atoms with E-state index in [1.165, 1.54) is 4.80 Å². The van der Waals surface area contributed by atoms with Gasteiger partial charge in [0.15, 0.2) is 6.73 Å². The minimum Gasteiger partial charge on any atom is -0.373 e. The first-order valence-corrected chi connectivity index (χ1v) is 4.35. The van der Waals surface area contributed by atoms with E-state index in [-0.39, 0.29) is 6.73 Å². The Labute approximate surface area is 86.2 Å². The standard InChI is InChI=1S/C10H8N4O/c11-5-8-1-3-9(4-2-8)10-6-12-14(7-15)13-10/h1-4,6,15H,7H2. The Bertz CT molecular complexity index is 495. The first kappa shape index (κ1) is 9.37. The van der Waals surface area contributed by atoms with Gasteiger partial charge in [0.1, 0.15) is 5.69 Å². The highest BCUT2D eigenvalue weighted by Crippen LogP contribution is 2.15. The van der Waals surface area contributed by atoms with Crippen molar-refractivity contribution in [1.82, 2.24) is 15.0 Å². The van der Waals surface area contributed by atoms with Crippen LogP contribution in [0.4, 0.5) is 0 Å². The molecule has 74 valence electrons. The summed E-state index contributed by atoms with van der Waals surface area (Å²) < 4.78 is 0. The lowest BCUT2D eigenvalue weighted by Crippen LogP contribution is -2.00. The Hall–Kier alpha value is -2.19. The van der Waals surface area contributed by atoms with E-state index in [4.69, 9.17) is 10.4 Å². The summed E-state index contributed by atoms with van der Waals surface area (Å²) in [6.45, 7) is -0.240. The largest absolute Gasteiger partial charge is 0.373 e. The summed E-state index contributed by atoms with van der Waals surface area (Å²) in [5.74, 6) is 0. The third-order valence-corrected chi connectivity index (χ3v) is 1.97. The molecule has 5 nitrogen and oxygen atoms in total. The lowest BCUT2D eigenvalue weighted by Gasteiger charge is -1.95. The van der Waals surface area contributed by atoms with E-state index in [1.807, 2.05) is 6.07 Å². The molecule has 0 fully saturated rings. The molecule has 0 saturated carbocycles. The molecule has 2 aromatic rings. The van der Waals surface area contributed by atoms with Crippen LogP contribution in [0.3, 0.4) is 0 Å². The zero-order valence-electron chi connectivity index (χ0n) is 7.83. The van der Waals surface area contributed by atoms with Crippen molar-refractivity contribution in [3.05, 3.63) is 36.0 Å². The van der Waals surface area contributed by atoms with Crippen LogP contribution >= 0.6 is 0 Å². The summed E-state index contributed by atoms with van der Waals surface area (Å²) in [6.07, 6.45) is 1.57. The summed E-state index contributed by atoms with van der Waals surface area (Å²) in [4.78, 5) is 1.19. The van der Waals surface area contributed by atoms with E-state index in [1.54, 1.807) is 30.5 Å². The maximum Gasteiger partial charge on any atom is 0.155 e. The zero-order chi connectivity index (χ0) is 10.7. The minimum absolute atomic E-state index is 0.240. The fraction of sp³-hybridized carbons (Fsp3) is 0.100. The van der Waals surface area contributed by atoms with E-state index in [9.17, 15) is 0 Å². The van der Waals surface area contributed by atoms with Crippen molar-refractivity contribution in [2.75, 3.05) is 0 Å². The van der Waals surface area contributed by atoms with Crippen LogP contribution in [0.5, 0.6) is 0 Å². The lowest BCUT2D eigenvalue weighted by molar-refractivity contribution is 0.178. The van der Waals surface area contributed by atoms with Crippen molar-refractivity contribution in [1.29, 1.82) is 5.26 Å². The Morgan fingerprint density at radius 1 is 1.33 bits per heavy atom. The summed E-state index contributed by atoms with van der Waals surface area (Å²) in [7, 11) is 0. The number of nitrogens with zero attached hydrogens (tertiary/aromatic N) is 4. The Morgan fingerprint density at radius 2 is 2.07 bits per heavy atom. The van der Waals surface area contributed by atoms with Gasteiger partial charge in [-0.25, -0.2) is 0 Å². The smallest absolute Gasteiger partial charge is 0.155 e. The van der Waals surface area contributed by atoms with Gasteiger partial charge < -0.3 is 5.11 Å². The van der Waals surface area contributed by atoms with E-state index in [0.717, 1.165) is 5.56 Å². The molecule has 0 atom stereocenters. The van der Waals surface area contributed by atoms with E-state index in [2.05, 4.69) is 10.2 Å². The van der Waals surface area contributed by atoms with Crippen LogP contribution in [0.15, 0.2) is 30.5 Å². The van der Waals surface area contributed by atoms with Gasteiger partial charge in [-0.15, -0.1) is 0 Å². The first-order valence-electron chi connectivity index (χ1n) is 4.35. The molecule has 0 saturated heterocycles. The van der Waals surface area contributed by atoms with E-state index >= 15 is 0 Å². The molecule has 1 N–H and O–H groups in total.